The van der Waals surface area contributed by atoms with Crippen LogP contribution in [0.5, 0.6) is 0 Å². The summed E-state index contributed by atoms with van der Waals surface area (Å²) in [4.78, 5) is 12.4. The standard InChI is InChI=1S/C10H16N4O3/c15-6-2-4-8-3-1-5-13(8)9-7-11-12-10(9)14(16)17/h7-8,15H,1-6H2,(H,11,12). The number of hydrogen-bond donors (Lipinski definition) is 2. The van der Waals surface area contributed by atoms with E-state index in [0.29, 0.717) is 5.69 Å². The van der Waals surface area contributed by atoms with Crippen LogP contribution >= 0.6 is 0 Å². The molecular weight excluding hydrogens is 224 g/mol. The molecule has 2 heterocycles. The lowest BCUT2D eigenvalue weighted by Crippen LogP contribution is -2.29. The number of aliphatic hydroxyl groups is 1. The van der Waals surface area contributed by atoms with Gasteiger partial charge in [-0.25, -0.2) is 0 Å². The van der Waals surface area contributed by atoms with Crippen LogP contribution in [0.1, 0.15) is 25.7 Å². The highest BCUT2D eigenvalue weighted by Gasteiger charge is 2.30. The minimum absolute atomic E-state index is 0.0408. The molecule has 2 N–H and O–H groups in total. The molecule has 0 bridgehead atoms. The quantitative estimate of drug-likeness (QED) is 0.592. The first kappa shape index (κ1) is 11.8. The number of hydrogen-bond acceptors (Lipinski definition) is 5. The fourth-order valence-electron chi connectivity index (χ4n) is 2.40. The highest BCUT2D eigenvalue weighted by molar-refractivity contribution is 5.59. The first-order valence-corrected chi connectivity index (χ1v) is 5.79. The summed E-state index contributed by atoms with van der Waals surface area (Å²) in [6.45, 7) is 0.980. The molecule has 1 atom stereocenters. The summed E-state index contributed by atoms with van der Waals surface area (Å²) in [6, 6.07) is 0.276. The lowest BCUT2D eigenvalue weighted by Gasteiger charge is -2.24. The van der Waals surface area contributed by atoms with Gasteiger partial charge in [0.25, 0.3) is 0 Å². The van der Waals surface area contributed by atoms with Gasteiger partial charge in [-0.15, -0.1) is 5.10 Å². The van der Waals surface area contributed by atoms with Crippen LogP contribution in [0.25, 0.3) is 0 Å². The van der Waals surface area contributed by atoms with Gasteiger partial charge < -0.3 is 20.1 Å². The van der Waals surface area contributed by atoms with E-state index in [0.717, 1.165) is 32.2 Å². The summed E-state index contributed by atoms with van der Waals surface area (Å²) in [5.41, 5.74) is 0.565. The van der Waals surface area contributed by atoms with E-state index in [4.69, 9.17) is 5.11 Å². The van der Waals surface area contributed by atoms with E-state index in [1.807, 2.05) is 4.90 Å². The molecule has 7 heteroatoms. The van der Waals surface area contributed by atoms with E-state index < -0.39 is 4.92 Å². The van der Waals surface area contributed by atoms with Crippen molar-refractivity contribution in [2.45, 2.75) is 31.7 Å². The van der Waals surface area contributed by atoms with E-state index in [9.17, 15) is 10.1 Å². The second kappa shape index (κ2) is 5.13. The van der Waals surface area contributed by atoms with Crippen molar-refractivity contribution in [1.29, 1.82) is 0 Å². The summed E-state index contributed by atoms with van der Waals surface area (Å²) in [5.74, 6) is -0.0408. The third-order valence-corrected chi connectivity index (χ3v) is 3.16. The maximum atomic E-state index is 10.8. The molecule has 7 nitrogen and oxygen atoms in total. The maximum Gasteiger partial charge on any atom is 0.366 e. The average molecular weight is 240 g/mol. The van der Waals surface area contributed by atoms with Crippen LogP contribution in [-0.2, 0) is 0 Å². The number of nitro groups is 1. The molecule has 0 radical (unpaired) electrons. The van der Waals surface area contributed by atoms with Gasteiger partial charge in [-0.3, -0.25) is 0 Å². The largest absolute Gasteiger partial charge is 0.396 e. The molecule has 94 valence electrons. The van der Waals surface area contributed by atoms with Crippen molar-refractivity contribution in [3.63, 3.8) is 0 Å². The number of nitrogens with zero attached hydrogens (tertiary/aromatic N) is 3. The molecule has 1 fully saturated rings. The first-order valence-electron chi connectivity index (χ1n) is 5.79. The van der Waals surface area contributed by atoms with Crippen molar-refractivity contribution in [3.05, 3.63) is 16.3 Å². The van der Waals surface area contributed by atoms with E-state index >= 15 is 0 Å². The maximum absolute atomic E-state index is 10.8. The van der Waals surface area contributed by atoms with Gasteiger partial charge in [0.05, 0.1) is 0 Å². The molecule has 0 spiro atoms. The van der Waals surface area contributed by atoms with Gasteiger partial charge in [-0.2, -0.15) is 0 Å². The van der Waals surface area contributed by atoms with Crippen molar-refractivity contribution in [3.8, 4) is 0 Å². The molecule has 1 aromatic heterocycles. The van der Waals surface area contributed by atoms with Crippen molar-refractivity contribution in [2.24, 2.45) is 0 Å². The number of H-pyrrole nitrogens is 1. The lowest BCUT2D eigenvalue weighted by atomic mass is 10.1. The normalized spacial score (nSPS) is 19.8. The second-order valence-electron chi connectivity index (χ2n) is 4.22. The number of aromatic nitrogens is 2. The Morgan fingerprint density at radius 1 is 1.71 bits per heavy atom. The molecule has 1 saturated heterocycles. The molecule has 1 unspecified atom stereocenters. The fourth-order valence-corrected chi connectivity index (χ4v) is 2.40. The summed E-state index contributed by atoms with van der Waals surface area (Å²) in [7, 11) is 0. The number of aliphatic hydroxyl groups excluding tert-OH is 1. The Balaban J connectivity index is 2.14. The Morgan fingerprint density at radius 2 is 2.53 bits per heavy atom. The predicted molar refractivity (Wildman–Crippen MR) is 61.9 cm³/mol. The number of aromatic amines is 1. The molecular formula is C10H16N4O3. The summed E-state index contributed by atoms with van der Waals surface area (Å²) in [5, 5.41) is 25.8. The SMILES string of the molecule is O=[N+]([O-])c1[nH]ncc1N1CCCC1CCCO. The predicted octanol–water partition coefficient (Wildman–Crippen LogP) is 1.06. The third kappa shape index (κ3) is 2.38. The van der Waals surface area contributed by atoms with E-state index in [1.54, 1.807) is 0 Å². The highest BCUT2D eigenvalue weighted by atomic mass is 16.6. The highest BCUT2D eigenvalue weighted by Crippen LogP contribution is 2.33. The lowest BCUT2D eigenvalue weighted by molar-refractivity contribution is -0.388. The van der Waals surface area contributed by atoms with Gasteiger partial charge >= 0.3 is 5.82 Å². The zero-order valence-corrected chi connectivity index (χ0v) is 9.50. The molecule has 1 aliphatic rings. The van der Waals surface area contributed by atoms with Crippen LogP contribution in [-0.4, -0.2) is 39.4 Å². The number of anilines is 1. The van der Waals surface area contributed by atoms with Crippen LogP contribution in [0.15, 0.2) is 6.20 Å². The second-order valence-corrected chi connectivity index (χ2v) is 4.22. The molecule has 2 rings (SSSR count). The van der Waals surface area contributed by atoms with Gasteiger partial charge in [0.15, 0.2) is 5.69 Å². The molecule has 1 aromatic rings. The van der Waals surface area contributed by atoms with Crippen molar-refractivity contribution >= 4 is 11.5 Å². The molecule has 0 aliphatic carbocycles. The summed E-state index contributed by atoms with van der Waals surface area (Å²) >= 11 is 0. The Morgan fingerprint density at radius 3 is 3.24 bits per heavy atom. The minimum atomic E-state index is -0.441. The van der Waals surface area contributed by atoms with E-state index in [-0.39, 0.29) is 18.5 Å². The summed E-state index contributed by atoms with van der Waals surface area (Å²) in [6.07, 6.45) is 5.14. The Labute approximate surface area is 98.6 Å². The zero-order chi connectivity index (χ0) is 12.3. The van der Waals surface area contributed by atoms with Crippen LogP contribution in [0.3, 0.4) is 0 Å². The van der Waals surface area contributed by atoms with Crippen LogP contribution in [0.4, 0.5) is 11.5 Å². The van der Waals surface area contributed by atoms with Crippen LogP contribution in [0.2, 0.25) is 0 Å². The van der Waals surface area contributed by atoms with Gasteiger partial charge in [0.2, 0.25) is 0 Å². The molecule has 0 aromatic carbocycles. The number of nitrogens with one attached hydrogen (secondary N) is 1. The molecule has 0 saturated carbocycles. The van der Waals surface area contributed by atoms with Crippen LogP contribution < -0.4 is 4.90 Å². The van der Waals surface area contributed by atoms with Crippen molar-refractivity contribution < 1.29 is 10.0 Å². The Hall–Kier alpha value is -1.63. The first-order chi connectivity index (χ1) is 8.24. The topological polar surface area (TPSA) is 95.3 Å². The number of rotatable bonds is 5. The van der Waals surface area contributed by atoms with Gasteiger partial charge in [0.1, 0.15) is 6.20 Å². The van der Waals surface area contributed by atoms with Gasteiger partial charge in [-0.05, 0) is 30.6 Å². The van der Waals surface area contributed by atoms with E-state index in [1.165, 1.54) is 6.20 Å². The van der Waals surface area contributed by atoms with Crippen molar-refractivity contribution in [1.82, 2.24) is 10.2 Å². The zero-order valence-electron chi connectivity index (χ0n) is 9.50. The van der Waals surface area contributed by atoms with Crippen LogP contribution in [0, 0.1) is 10.1 Å². The Kier molecular flexibility index (Phi) is 3.58. The fraction of sp³-hybridized carbons (Fsp3) is 0.700. The monoisotopic (exact) mass is 240 g/mol. The summed E-state index contributed by atoms with van der Waals surface area (Å²) < 4.78 is 0. The third-order valence-electron chi connectivity index (χ3n) is 3.16. The van der Waals surface area contributed by atoms with Gasteiger partial charge in [0, 0.05) is 19.2 Å². The molecule has 0 amide bonds. The average Bonchev–Trinajstić information content (AvgIpc) is 2.94. The van der Waals surface area contributed by atoms with E-state index in [2.05, 4.69) is 10.2 Å². The Bertz CT molecular complexity index is 393. The van der Waals surface area contributed by atoms with Crippen molar-refractivity contribution in [2.75, 3.05) is 18.1 Å². The molecule has 1 aliphatic heterocycles. The smallest absolute Gasteiger partial charge is 0.366 e. The minimum Gasteiger partial charge on any atom is -0.396 e. The molecule has 17 heavy (non-hydrogen) atoms. The van der Waals surface area contributed by atoms with Gasteiger partial charge in [-0.1, -0.05) is 5.10 Å².